The molecule has 0 radical (unpaired) electrons. The molecule has 28 heavy (non-hydrogen) atoms. The van der Waals surface area contributed by atoms with E-state index in [1.165, 1.54) is 16.0 Å². The minimum atomic E-state index is -0.462. The zero-order chi connectivity index (χ0) is 20.1. The summed E-state index contributed by atoms with van der Waals surface area (Å²) < 4.78 is 5.26. The second kappa shape index (κ2) is 8.71. The Morgan fingerprint density at radius 2 is 1.79 bits per heavy atom. The Balaban J connectivity index is 1.62. The number of benzene rings is 2. The van der Waals surface area contributed by atoms with Gasteiger partial charge in [0.15, 0.2) is 12.4 Å². The van der Waals surface area contributed by atoms with Gasteiger partial charge in [0, 0.05) is 10.6 Å². The van der Waals surface area contributed by atoms with Crippen molar-refractivity contribution in [3.8, 4) is 0 Å². The lowest BCUT2D eigenvalue weighted by Crippen LogP contribution is -2.11. The number of hydrogen-bond acceptors (Lipinski definition) is 8. The summed E-state index contributed by atoms with van der Waals surface area (Å²) >= 11 is 1.74. The van der Waals surface area contributed by atoms with Crippen LogP contribution < -0.4 is 11.5 Å². The fraction of sp³-hybridized carbons (Fsp3) is 0.200. The topological polar surface area (TPSA) is 117 Å². The molecule has 0 bridgehead atoms. The van der Waals surface area contributed by atoms with Gasteiger partial charge in [-0.05, 0) is 43.2 Å². The van der Waals surface area contributed by atoms with Crippen molar-refractivity contribution in [2.24, 2.45) is 0 Å². The van der Waals surface area contributed by atoms with Crippen molar-refractivity contribution < 1.29 is 9.53 Å². The summed E-state index contributed by atoms with van der Waals surface area (Å²) in [5.41, 5.74) is 15.0. The molecule has 0 atom stereocenters. The fourth-order valence-corrected chi connectivity index (χ4v) is 3.60. The molecule has 3 aromatic rings. The Kier molecular flexibility index (Phi) is 6.10. The highest BCUT2D eigenvalue weighted by Crippen LogP contribution is 2.27. The van der Waals surface area contributed by atoms with Crippen molar-refractivity contribution >= 4 is 29.6 Å². The van der Waals surface area contributed by atoms with Crippen LogP contribution >= 0.6 is 11.8 Å². The Hall–Kier alpha value is -3.13. The van der Waals surface area contributed by atoms with Crippen molar-refractivity contribution in [2.45, 2.75) is 31.1 Å². The normalized spacial score (nSPS) is 10.6. The summed E-state index contributed by atoms with van der Waals surface area (Å²) in [5, 5.41) is 0. The zero-order valence-corrected chi connectivity index (χ0v) is 16.5. The number of hydrogen-bond donors (Lipinski definition) is 2. The van der Waals surface area contributed by atoms with Crippen LogP contribution in [0.3, 0.4) is 0 Å². The fourth-order valence-electron chi connectivity index (χ4n) is 2.65. The maximum atomic E-state index is 12.3. The van der Waals surface area contributed by atoms with Crippen LogP contribution in [0.25, 0.3) is 0 Å². The molecule has 3 rings (SSSR count). The first kappa shape index (κ1) is 19.6. The highest BCUT2D eigenvalue weighted by Gasteiger charge is 2.11. The van der Waals surface area contributed by atoms with E-state index in [9.17, 15) is 4.79 Å². The average Bonchev–Trinajstić information content (AvgIpc) is 2.65. The first-order chi connectivity index (χ1) is 13.4. The molecule has 0 unspecified atom stereocenters. The second-order valence-corrected chi connectivity index (χ2v) is 7.32. The van der Waals surface area contributed by atoms with Crippen molar-refractivity contribution in [1.82, 2.24) is 15.0 Å². The monoisotopic (exact) mass is 395 g/mol. The SMILES string of the molecule is Cc1ccc(SCc2cccc(C(=O)OCc3nc(N)nc(N)n3)c2)c(C)c1. The van der Waals surface area contributed by atoms with Crippen LogP contribution in [0.1, 0.15) is 32.9 Å². The molecule has 1 aromatic heterocycles. The molecule has 4 N–H and O–H groups in total. The zero-order valence-electron chi connectivity index (χ0n) is 15.7. The molecule has 0 saturated carbocycles. The van der Waals surface area contributed by atoms with E-state index in [-0.39, 0.29) is 24.3 Å². The van der Waals surface area contributed by atoms with Gasteiger partial charge in [0.2, 0.25) is 11.9 Å². The van der Waals surface area contributed by atoms with Gasteiger partial charge in [0.25, 0.3) is 0 Å². The van der Waals surface area contributed by atoms with Crippen LogP contribution in [0.15, 0.2) is 47.4 Å². The van der Waals surface area contributed by atoms with E-state index in [2.05, 4.69) is 47.0 Å². The van der Waals surface area contributed by atoms with Gasteiger partial charge in [0.05, 0.1) is 5.56 Å². The van der Waals surface area contributed by atoms with Gasteiger partial charge in [0.1, 0.15) is 0 Å². The third kappa shape index (κ3) is 5.20. The number of anilines is 2. The van der Waals surface area contributed by atoms with E-state index in [1.807, 2.05) is 18.2 Å². The third-order valence-electron chi connectivity index (χ3n) is 3.94. The molecule has 2 aromatic carbocycles. The van der Waals surface area contributed by atoms with Gasteiger partial charge in [-0.25, -0.2) is 4.79 Å². The number of thioether (sulfide) groups is 1. The van der Waals surface area contributed by atoms with Crippen LogP contribution in [0, 0.1) is 13.8 Å². The number of rotatable bonds is 6. The van der Waals surface area contributed by atoms with E-state index in [1.54, 1.807) is 17.8 Å². The molecule has 0 spiro atoms. The highest BCUT2D eigenvalue weighted by atomic mass is 32.2. The standard InChI is InChI=1S/C20H21N5O2S/c1-12-6-7-16(13(2)8-12)28-11-14-4-3-5-15(9-14)18(26)27-10-17-23-19(21)25-20(22)24-17/h3-9H,10-11H2,1-2H3,(H4,21,22,23,24,25). The quantitative estimate of drug-likeness (QED) is 0.482. The molecule has 0 aliphatic rings. The predicted octanol–water partition coefficient (Wildman–Crippen LogP) is 3.30. The second-order valence-electron chi connectivity index (χ2n) is 6.30. The molecule has 0 fully saturated rings. The predicted molar refractivity (Wildman–Crippen MR) is 110 cm³/mol. The number of nitrogens with two attached hydrogens (primary N) is 2. The van der Waals surface area contributed by atoms with Crippen LogP contribution in [0.4, 0.5) is 11.9 Å². The molecule has 0 aliphatic heterocycles. The Bertz CT molecular complexity index is 989. The third-order valence-corrected chi connectivity index (χ3v) is 5.18. The van der Waals surface area contributed by atoms with Crippen LogP contribution in [-0.4, -0.2) is 20.9 Å². The number of nitrogen functional groups attached to an aromatic ring is 2. The van der Waals surface area contributed by atoms with Gasteiger partial charge in [-0.2, -0.15) is 15.0 Å². The molecule has 7 nitrogen and oxygen atoms in total. The number of nitrogens with zero attached hydrogens (tertiary/aromatic N) is 3. The minimum Gasteiger partial charge on any atom is -0.454 e. The Labute approximate surface area is 167 Å². The summed E-state index contributed by atoms with van der Waals surface area (Å²) in [6, 6.07) is 13.8. The van der Waals surface area contributed by atoms with Gasteiger partial charge in [-0.1, -0.05) is 29.8 Å². The van der Waals surface area contributed by atoms with E-state index in [0.717, 1.165) is 11.3 Å². The van der Waals surface area contributed by atoms with Crippen molar-refractivity contribution in [2.75, 3.05) is 11.5 Å². The lowest BCUT2D eigenvalue weighted by molar-refractivity contribution is 0.0462. The van der Waals surface area contributed by atoms with E-state index < -0.39 is 5.97 Å². The van der Waals surface area contributed by atoms with E-state index >= 15 is 0 Å². The molecule has 1 heterocycles. The van der Waals surface area contributed by atoms with Gasteiger partial charge in [-0.15, -0.1) is 11.8 Å². The molecule has 0 saturated heterocycles. The highest BCUT2D eigenvalue weighted by molar-refractivity contribution is 7.98. The lowest BCUT2D eigenvalue weighted by Gasteiger charge is -2.08. The number of aromatic nitrogens is 3. The number of carbonyl (C=O) groups excluding carboxylic acids is 1. The van der Waals surface area contributed by atoms with Crippen LogP contribution in [0.2, 0.25) is 0 Å². The molecule has 8 heteroatoms. The van der Waals surface area contributed by atoms with E-state index in [4.69, 9.17) is 16.2 Å². The molecule has 144 valence electrons. The van der Waals surface area contributed by atoms with Gasteiger partial charge >= 0.3 is 5.97 Å². The maximum Gasteiger partial charge on any atom is 0.338 e. The van der Waals surface area contributed by atoms with Crippen molar-refractivity contribution in [3.63, 3.8) is 0 Å². The lowest BCUT2D eigenvalue weighted by atomic mass is 10.1. The number of carbonyl (C=O) groups is 1. The summed E-state index contributed by atoms with van der Waals surface area (Å²) in [7, 11) is 0. The number of ether oxygens (including phenoxy) is 1. The number of aryl methyl sites for hydroxylation is 2. The van der Waals surface area contributed by atoms with Crippen molar-refractivity contribution in [3.05, 3.63) is 70.5 Å². The summed E-state index contributed by atoms with van der Waals surface area (Å²) in [6.45, 7) is 4.05. The first-order valence-corrected chi connectivity index (χ1v) is 9.61. The van der Waals surface area contributed by atoms with Gasteiger partial charge < -0.3 is 16.2 Å². The first-order valence-electron chi connectivity index (χ1n) is 8.63. The Morgan fingerprint density at radius 3 is 2.50 bits per heavy atom. The minimum absolute atomic E-state index is 0.0102. The van der Waals surface area contributed by atoms with Crippen LogP contribution in [0.5, 0.6) is 0 Å². The summed E-state index contributed by atoms with van der Waals surface area (Å²) in [6.07, 6.45) is 0. The molecular weight excluding hydrogens is 374 g/mol. The Morgan fingerprint density at radius 1 is 1.04 bits per heavy atom. The molecule has 0 aliphatic carbocycles. The molecule has 0 amide bonds. The largest absolute Gasteiger partial charge is 0.454 e. The van der Waals surface area contributed by atoms with Crippen molar-refractivity contribution in [1.29, 1.82) is 0 Å². The summed E-state index contributed by atoms with van der Waals surface area (Å²) in [5.74, 6) is 0.481. The molecular formula is C20H21N5O2S. The average molecular weight is 395 g/mol. The van der Waals surface area contributed by atoms with Crippen LogP contribution in [-0.2, 0) is 17.1 Å². The van der Waals surface area contributed by atoms with E-state index in [0.29, 0.717) is 5.56 Å². The summed E-state index contributed by atoms with van der Waals surface area (Å²) in [4.78, 5) is 25.0. The van der Waals surface area contributed by atoms with Gasteiger partial charge in [-0.3, -0.25) is 0 Å². The maximum absolute atomic E-state index is 12.3. The number of esters is 1. The smallest absolute Gasteiger partial charge is 0.338 e.